The molecule has 4 N–H and O–H groups in total. The fourth-order valence-electron chi connectivity index (χ4n) is 2.11. The molecule has 23 heavy (non-hydrogen) atoms. The highest BCUT2D eigenvalue weighted by molar-refractivity contribution is 5.72. The summed E-state index contributed by atoms with van der Waals surface area (Å²) in [6.07, 6.45) is 2.59. The number of aromatic nitrogens is 3. The van der Waals surface area contributed by atoms with Gasteiger partial charge in [0, 0.05) is 18.2 Å². The summed E-state index contributed by atoms with van der Waals surface area (Å²) in [5.41, 5.74) is 11.6. The van der Waals surface area contributed by atoms with Gasteiger partial charge in [0.2, 0.25) is 0 Å². The van der Waals surface area contributed by atoms with Crippen molar-refractivity contribution in [2.45, 2.75) is 19.1 Å². The average molecular weight is 323 g/mol. The molecule has 1 atom stereocenters. The molecule has 0 saturated heterocycles. The van der Waals surface area contributed by atoms with Crippen LogP contribution in [0.2, 0.25) is 0 Å². The minimum atomic E-state index is -2.84. The number of primary amides is 1. The first kappa shape index (κ1) is 16.4. The lowest BCUT2D eigenvalue weighted by Crippen LogP contribution is -2.18. The summed E-state index contributed by atoms with van der Waals surface area (Å²) in [7, 11) is 0. The van der Waals surface area contributed by atoms with E-state index in [0.29, 0.717) is 15.9 Å². The van der Waals surface area contributed by atoms with Crippen LogP contribution in [0.15, 0.2) is 37.2 Å². The first-order valence-electron chi connectivity index (χ1n) is 6.58. The van der Waals surface area contributed by atoms with Gasteiger partial charge in [0.15, 0.2) is 0 Å². The van der Waals surface area contributed by atoms with Crippen LogP contribution in [0, 0.1) is 0 Å². The van der Waals surface area contributed by atoms with Crippen LogP contribution in [0.4, 0.5) is 19.3 Å². The molecule has 122 valence electrons. The monoisotopic (exact) mass is 323 g/mol. The lowest BCUT2D eigenvalue weighted by molar-refractivity contribution is 0.0585. The highest BCUT2D eigenvalue weighted by atomic mass is 19.3. The minimum Gasteiger partial charge on any atom is -0.440 e. The van der Waals surface area contributed by atoms with Crippen molar-refractivity contribution in [3.63, 3.8) is 0 Å². The molecule has 2 rings (SSSR count). The zero-order valence-electron chi connectivity index (χ0n) is 12.0. The Morgan fingerprint density at radius 3 is 2.87 bits per heavy atom. The molecule has 1 amide bonds. The van der Waals surface area contributed by atoms with Crippen molar-refractivity contribution >= 4 is 11.8 Å². The Labute approximate surface area is 130 Å². The number of nitrogens with two attached hydrogens (primary N) is 2. The summed E-state index contributed by atoms with van der Waals surface area (Å²) in [4.78, 5) is 15.1. The van der Waals surface area contributed by atoms with Gasteiger partial charge in [-0.15, -0.1) is 6.58 Å². The largest absolute Gasteiger partial charge is 0.440 e. The maximum atomic E-state index is 13.0. The number of halogens is 2. The van der Waals surface area contributed by atoms with Crippen molar-refractivity contribution in [3.8, 4) is 11.3 Å². The van der Waals surface area contributed by atoms with Gasteiger partial charge >= 0.3 is 12.6 Å². The number of ether oxygens (including phenoxy) is 1. The normalized spacial score (nSPS) is 12.1. The van der Waals surface area contributed by atoms with Gasteiger partial charge in [-0.2, -0.15) is 13.9 Å². The van der Waals surface area contributed by atoms with Crippen LogP contribution in [-0.2, 0) is 4.74 Å². The summed E-state index contributed by atoms with van der Waals surface area (Å²) in [6.45, 7) is 0.721. The summed E-state index contributed by atoms with van der Waals surface area (Å²) in [5, 5.41) is 3.55. The summed E-state index contributed by atoms with van der Waals surface area (Å²) >= 11 is 0. The molecule has 2 heterocycles. The van der Waals surface area contributed by atoms with Crippen LogP contribution in [0.1, 0.15) is 24.8 Å². The highest BCUT2D eigenvalue weighted by Gasteiger charge is 2.20. The highest BCUT2D eigenvalue weighted by Crippen LogP contribution is 2.31. The molecule has 0 fully saturated rings. The number of nitrogens with zero attached hydrogens (tertiary/aromatic N) is 3. The third-order valence-electron chi connectivity index (χ3n) is 3.03. The van der Waals surface area contributed by atoms with E-state index in [0.717, 1.165) is 6.20 Å². The van der Waals surface area contributed by atoms with Gasteiger partial charge in [-0.3, -0.25) is 4.98 Å². The van der Waals surface area contributed by atoms with Crippen molar-refractivity contribution < 1.29 is 18.3 Å². The Bertz CT molecular complexity index is 717. The molecule has 7 nitrogen and oxygen atoms in total. The van der Waals surface area contributed by atoms with Crippen LogP contribution < -0.4 is 11.5 Å². The first-order valence-corrected chi connectivity index (χ1v) is 6.58. The first-order chi connectivity index (χ1) is 10.9. The van der Waals surface area contributed by atoms with Gasteiger partial charge in [0.05, 0.1) is 23.3 Å². The van der Waals surface area contributed by atoms with Crippen molar-refractivity contribution in [2.24, 2.45) is 5.73 Å². The molecule has 0 aliphatic carbocycles. The summed E-state index contributed by atoms with van der Waals surface area (Å²) in [6, 6.07) is 2.99. The number of hydrogen-bond donors (Lipinski definition) is 2. The minimum absolute atomic E-state index is 0.0556. The van der Waals surface area contributed by atoms with Gasteiger partial charge in [-0.05, 0) is 12.1 Å². The topological polar surface area (TPSA) is 109 Å². The molecular formula is C14H15F2N5O2. The zero-order valence-corrected chi connectivity index (χ0v) is 12.0. The molecule has 0 bridgehead atoms. The molecule has 0 aliphatic heterocycles. The lowest BCUT2D eigenvalue weighted by Gasteiger charge is -2.15. The van der Waals surface area contributed by atoms with Crippen molar-refractivity contribution in [1.82, 2.24) is 14.8 Å². The van der Waals surface area contributed by atoms with Crippen LogP contribution in [-0.4, -0.2) is 20.9 Å². The third kappa shape index (κ3) is 3.62. The maximum Gasteiger partial charge on any atom is 0.405 e. The van der Waals surface area contributed by atoms with Crippen LogP contribution >= 0.6 is 0 Å². The number of amides is 1. The number of carbonyl (C=O) groups is 1. The SMILES string of the molecule is C=CC[C@H](OC(N)=O)c1cc(-c2c(N)cnn2C(F)F)ccn1. The second-order valence-electron chi connectivity index (χ2n) is 4.59. The quantitative estimate of drug-likeness (QED) is 0.794. The number of nitrogen functional groups attached to an aromatic ring is 1. The Kier molecular flexibility index (Phi) is 4.89. The Balaban J connectivity index is 2.45. The summed E-state index contributed by atoms with van der Waals surface area (Å²) < 4.78 is 31.5. The number of carbonyl (C=O) groups excluding carboxylic acids is 1. The van der Waals surface area contributed by atoms with E-state index in [-0.39, 0.29) is 17.8 Å². The van der Waals surface area contributed by atoms with Crippen molar-refractivity contribution in [1.29, 1.82) is 0 Å². The number of pyridine rings is 1. The fraction of sp³-hybridized carbons (Fsp3) is 0.214. The molecule has 0 spiro atoms. The second kappa shape index (κ2) is 6.86. The predicted molar refractivity (Wildman–Crippen MR) is 79.3 cm³/mol. The van der Waals surface area contributed by atoms with E-state index < -0.39 is 18.7 Å². The fourth-order valence-corrected chi connectivity index (χ4v) is 2.11. The van der Waals surface area contributed by atoms with Gasteiger partial charge in [-0.25, -0.2) is 9.48 Å². The van der Waals surface area contributed by atoms with E-state index in [2.05, 4.69) is 16.7 Å². The van der Waals surface area contributed by atoms with E-state index >= 15 is 0 Å². The van der Waals surface area contributed by atoms with E-state index in [9.17, 15) is 13.6 Å². The summed E-state index contributed by atoms with van der Waals surface area (Å²) in [5.74, 6) is 0. The zero-order chi connectivity index (χ0) is 17.0. The maximum absolute atomic E-state index is 13.0. The molecule has 0 saturated carbocycles. The Morgan fingerprint density at radius 1 is 1.52 bits per heavy atom. The standard InChI is InChI=1S/C14H15F2N5O2/c1-2-3-11(23-14(18)22)10-6-8(4-5-19-10)12-9(17)7-20-21(12)13(15)16/h2,4-7,11,13H,1,3,17H2,(H2,18,22)/t11-/m0/s1. The van der Waals surface area contributed by atoms with Gasteiger partial charge in [0.25, 0.3) is 0 Å². The van der Waals surface area contributed by atoms with Gasteiger partial charge < -0.3 is 16.2 Å². The number of alkyl halides is 2. The van der Waals surface area contributed by atoms with E-state index in [1.807, 2.05) is 0 Å². The molecule has 2 aromatic rings. The molecular weight excluding hydrogens is 308 g/mol. The van der Waals surface area contributed by atoms with E-state index in [4.69, 9.17) is 16.2 Å². The van der Waals surface area contributed by atoms with Crippen LogP contribution in [0.3, 0.4) is 0 Å². The molecule has 0 radical (unpaired) electrons. The molecule has 0 aromatic carbocycles. The van der Waals surface area contributed by atoms with Crippen LogP contribution in [0.25, 0.3) is 11.3 Å². The van der Waals surface area contributed by atoms with Crippen LogP contribution in [0.5, 0.6) is 0 Å². The average Bonchev–Trinajstić information content (AvgIpc) is 2.88. The van der Waals surface area contributed by atoms with E-state index in [1.165, 1.54) is 24.4 Å². The molecule has 9 heteroatoms. The molecule has 0 unspecified atom stereocenters. The smallest absolute Gasteiger partial charge is 0.405 e. The number of anilines is 1. The lowest BCUT2D eigenvalue weighted by atomic mass is 10.1. The number of rotatable bonds is 6. The Hall–Kier alpha value is -2.97. The third-order valence-corrected chi connectivity index (χ3v) is 3.03. The molecule has 2 aromatic heterocycles. The van der Waals surface area contributed by atoms with Gasteiger partial charge in [-0.1, -0.05) is 6.08 Å². The predicted octanol–water partition coefficient (Wildman–Crippen LogP) is 2.63. The van der Waals surface area contributed by atoms with E-state index in [1.54, 1.807) is 0 Å². The number of hydrogen-bond acceptors (Lipinski definition) is 5. The van der Waals surface area contributed by atoms with Crippen molar-refractivity contribution in [3.05, 3.63) is 42.9 Å². The van der Waals surface area contributed by atoms with Crippen molar-refractivity contribution in [2.75, 3.05) is 5.73 Å². The molecule has 0 aliphatic rings. The van der Waals surface area contributed by atoms with Gasteiger partial charge in [0.1, 0.15) is 6.10 Å². The Morgan fingerprint density at radius 2 is 2.26 bits per heavy atom. The second-order valence-corrected chi connectivity index (χ2v) is 4.59.